The number of hydrogen-bond donors (Lipinski definition) is 1. The summed E-state index contributed by atoms with van der Waals surface area (Å²) in [6.45, 7) is 3.25. The molecule has 1 fully saturated rings. The average molecular weight is 455 g/mol. The van der Waals surface area contributed by atoms with Gasteiger partial charge < -0.3 is 5.32 Å². The van der Waals surface area contributed by atoms with Crippen LogP contribution < -0.4 is 5.32 Å². The highest BCUT2D eigenvalue weighted by molar-refractivity contribution is 7.89. The van der Waals surface area contributed by atoms with Gasteiger partial charge in [-0.05, 0) is 60.5 Å². The maximum Gasteiger partial charge on any atom is 0.262 e. The molecule has 32 heavy (non-hydrogen) atoms. The summed E-state index contributed by atoms with van der Waals surface area (Å²) in [7, 11) is -1.96. The second kappa shape index (κ2) is 7.80. The van der Waals surface area contributed by atoms with Crippen molar-refractivity contribution in [3.63, 3.8) is 0 Å². The lowest BCUT2D eigenvalue weighted by Gasteiger charge is -2.33. The van der Waals surface area contributed by atoms with E-state index in [1.165, 1.54) is 27.2 Å². The van der Waals surface area contributed by atoms with E-state index in [1.54, 1.807) is 36.3 Å². The van der Waals surface area contributed by atoms with Crippen molar-refractivity contribution in [1.82, 2.24) is 29.2 Å². The van der Waals surface area contributed by atoms with Crippen molar-refractivity contribution >= 4 is 20.9 Å². The molecule has 4 aromatic rings. The minimum atomic E-state index is -3.66. The van der Waals surface area contributed by atoms with E-state index in [2.05, 4.69) is 15.5 Å². The number of benzene rings is 2. The van der Waals surface area contributed by atoms with E-state index >= 15 is 0 Å². The summed E-state index contributed by atoms with van der Waals surface area (Å²) < 4.78 is 44.1. The zero-order valence-corrected chi connectivity index (χ0v) is 18.6. The molecule has 0 spiro atoms. The molecule has 1 aliphatic heterocycles. The van der Waals surface area contributed by atoms with Crippen LogP contribution in [0.3, 0.4) is 0 Å². The van der Waals surface area contributed by atoms with Crippen LogP contribution in [0, 0.1) is 12.7 Å². The first-order valence-electron chi connectivity index (χ1n) is 10.3. The quantitative estimate of drug-likeness (QED) is 0.512. The molecule has 1 atom stereocenters. The predicted molar refractivity (Wildman–Crippen MR) is 118 cm³/mol. The van der Waals surface area contributed by atoms with E-state index in [9.17, 15) is 12.8 Å². The molecule has 2 aromatic carbocycles. The molecule has 1 aliphatic rings. The summed E-state index contributed by atoms with van der Waals surface area (Å²) in [5.41, 5.74) is 3.73. The van der Waals surface area contributed by atoms with Crippen LogP contribution >= 0.6 is 0 Å². The topological polar surface area (TPSA) is 85.1 Å². The Morgan fingerprint density at radius 1 is 1.16 bits per heavy atom. The molecular weight excluding hydrogens is 431 g/mol. The largest absolute Gasteiger partial charge is 0.307 e. The molecule has 0 saturated carbocycles. The molecule has 2 aromatic heterocycles. The van der Waals surface area contributed by atoms with Gasteiger partial charge in [0.25, 0.3) is 10.0 Å². The highest BCUT2D eigenvalue weighted by Crippen LogP contribution is 2.29. The highest BCUT2D eigenvalue weighted by Gasteiger charge is 2.32. The Hall–Kier alpha value is -3.08. The SMILES string of the molecule is Cc1cc2c(cnn2-c2ccc(F)cc2)cc1[C@H]1CN(S(=O)(=O)c2ccn(C)n2)CCN1. The average Bonchev–Trinajstić information content (AvgIpc) is 3.40. The van der Waals surface area contributed by atoms with Crippen LogP contribution in [0.2, 0.25) is 0 Å². The number of piperazine rings is 1. The first kappa shape index (κ1) is 20.8. The maximum atomic E-state index is 13.3. The fraction of sp³-hybridized carbons (Fsp3) is 0.273. The van der Waals surface area contributed by atoms with Crippen molar-refractivity contribution < 1.29 is 12.8 Å². The van der Waals surface area contributed by atoms with Crippen molar-refractivity contribution in [2.45, 2.75) is 18.0 Å². The lowest BCUT2D eigenvalue weighted by atomic mass is 9.98. The van der Waals surface area contributed by atoms with Gasteiger partial charge in [0.1, 0.15) is 5.82 Å². The van der Waals surface area contributed by atoms with E-state index in [-0.39, 0.29) is 16.9 Å². The molecule has 1 N–H and O–H groups in total. The monoisotopic (exact) mass is 454 g/mol. The van der Waals surface area contributed by atoms with Gasteiger partial charge in [0.2, 0.25) is 0 Å². The third-order valence-electron chi connectivity index (χ3n) is 5.83. The van der Waals surface area contributed by atoms with Gasteiger partial charge in [-0.3, -0.25) is 4.68 Å². The number of fused-ring (bicyclic) bond motifs is 1. The van der Waals surface area contributed by atoms with Gasteiger partial charge in [0, 0.05) is 44.3 Å². The van der Waals surface area contributed by atoms with Gasteiger partial charge in [-0.2, -0.15) is 14.5 Å². The zero-order valence-electron chi connectivity index (χ0n) is 17.7. The number of nitrogens with zero attached hydrogens (tertiary/aromatic N) is 5. The number of rotatable bonds is 4. The Bertz CT molecular complexity index is 1390. The van der Waals surface area contributed by atoms with Crippen LogP contribution in [0.25, 0.3) is 16.6 Å². The second-order valence-corrected chi connectivity index (χ2v) is 9.88. The smallest absolute Gasteiger partial charge is 0.262 e. The summed E-state index contributed by atoms with van der Waals surface area (Å²) in [6.07, 6.45) is 3.40. The Kier molecular flexibility index (Phi) is 5.07. The minimum Gasteiger partial charge on any atom is -0.307 e. The first-order chi connectivity index (χ1) is 15.3. The number of nitrogens with one attached hydrogen (secondary N) is 1. The van der Waals surface area contributed by atoms with Gasteiger partial charge in [-0.1, -0.05) is 0 Å². The van der Waals surface area contributed by atoms with Gasteiger partial charge in [-0.25, -0.2) is 17.5 Å². The number of hydrogen-bond acceptors (Lipinski definition) is 5. The number of aromatic nitrogens is 4. The van der Waals surface area contributed by atoms with Crippen LogP contribution in [0.5, 0.6) is 0 Å². The van der Waals surface area contributed by atoms with Gasteiger partial charge >= 0.3 is 0 Å². The van der Waals surface area contributed by atoms with Crippen molar-refractivity contribution in [1.29, 1.82) is 0 Å². The van der Waals surface area contributed by atoms with Crippen LogP contribution in [0.4, 0.5) is 4.39 Å². The van der Waals surface area contributed by atoms with E-state index in [0.717, 1.165) is 27.7 Å². The Labute approximate surface area is 185 Å². The molecule has 8 nitrogen and oxygen atoms in total. The normalized spacial score (nSPS) is 17.8. The standard InChI is InChI=1S/C22H23FN6O2S/c1-15-11-21-16(13-25-29(21)18-5-3-17(23)4-6-18)12-19(15)20-14-28(10-8-24-20)32(30,31)22-7-9-27(2)26-22/h3-7,9,11-13,20,24H,8,10,14H2,1-2H3/t20-/m1/s1. The van der Waals surface area contributed by atoms with Crippen LogP contribution in [0.15, 0.2) is 59.9 Å². The predicted octanol–water partition coefficient (Wildman–Crippen LogP) is 2.54. The van der Waals surface area contributed by atoms with E-state index < -0.39 is 10.0 Å². The number of aryl methyl sites for hydroxylation is 2. The molecule has 0 bridgehead atoms. The summed E-state index contributed by atoms with van der Waals surface area (Å²) in [4.78, 5) is 0. The number of halogens is 1. The van der Waals surface area contributed by atoms with E-state index in [4.69, 9.17) is 0 Å². The molecule has 0 amide bonds. The first-order valence-corrected chi connectivity index (χ1v) is 11.7. The molecular formula is C22H23FN6O2S. The summed E-state index contributed by atoms with van der Waals surface area (Å²) in [5, 5.41) is 13.0. The zero-order chi connectivity index (χ0) is 22.5. The third kappa shape index (κ3) is 3.60. The molecule has 0 unspecified atom stereocenters. The van der Waals surface area contributed by atoms with E-state index in [1.807, 2.05) is 19.1 Å². The fourth-order valence-electron chi connectivity index (χ4n) is 4.17. The minimum absolute atomic E-state index is 0.0633. The summed E-state index contributed by atoms with van der Waals surface area (Å²) in [6, 6.07) is 11.6. The van der Waals surface area contributed by atoms with Crippen LogP contribution in [0.1, 0.15) is 17.2 Å². The molecule has 0 aliphatic carbocycles. The van der Waals surface area contributed by atoms with Crippen molar-refractivity contribution in [3.8, 4) is 5.69 Å². The van der Waals surface area contributed by atoms with Crippen molar-refractivity contribution in [2.75, 3.05) is 19.6 Å². The molecule has 10 heteroatoms. The molecule has 166 valence electrons. The van der Waals surface area contributed by atoms with Gasteiger partial charge in [0.05, 0.1) is 17.4 Å². The van der Waals surface area contributed by atoms with Crippen molar-refractivity contribution in [3.05, 3.63) is 71.8 Å². The van der Waals surface area contributed by atoms with Crippen LogP contribution in [-0.4, -0.2) is 51.9 Å². The van der Waals surface area contributed by atoms with Crippen LogP contribution in [-0.2, 0) is 17.1 Å². The fourth-order valence-corrected chi connectivity index (χ4v) is 5.58. The summed E-state index contributed by atoms with van der Waals surface area (Å²) >= 11 is 0. The van der Waals surface area contributed by atoms with E-state index in [0.29, 0.717) is 19.6 Å². The Balaban J connectivity index is 1.46. The highest BCUT2D eigenvalue weighted by atomic mass is 32.2. The second-order valence-electron chi connectivity index (χ2n) is 8.00. The summed E-state index contributed by atoms with van der Waals surface area (Å²) in [5.74, 6) is -0.294. The lowest BCUT2D eigenvalue weighted by Crippen LogP contribution is -2.48. The Morgan fingerprint density at radius 3 is 2.66 bits per heavy atom. The lowest BCUT2D eigenvalue weighted by molar-refractivity contribution is 0.300. The van der Waals surface area contributed by atoms with Gasteiger partial charge in [0.15, 0.2) is 5.03 Å². The number of sulfonamides is 1. The molecule has 0 radical (unpaired) electrons. The van der Waals surface area contributed by atoms with Crippen molar-refractivity contribution in [2.24, 2.45) is 7.05 Å². The molecule has 1 saturated heterocycles. The van der Waals surface area contributed by atoms with Gasteiger partial charge in [-0.15, -0.1) is 0 Å². The molecule has 3 heterocycles. The third-order valence-corrected chi connectivity index (χ3v) is 7.59. The Morgan fingerprint density at radius 2 is 1.94 bits per heavy atom. The molecule has 5 rings (SSSR count). The maximum absolute atomic E-state index is 13.3.